The molecule has 0 saturated carbocycles. The number of carbonyl (C=O) groups is 3. The third-order valence-corrected chi connectivity index (χ3v) is 2.11. The number of likely N-dealkylation sites (N-methyl/N-ethyl adjacent to an activating group) is 1. The molecular formula is C11H18N2O3. The van der Waals surface area contributed by atoms with Crippen molar-refractivity contribution in [3.05, 3.63) is 12.2 Å². The first-order valence-corrected chi connectivity index (χ1v) is 5.23. The lowest BCUT2D eigenvalue weighted by Crippen LogP contribution is -2.25. The van der Waals surface area contributed by atoms with Crippen molar-refractivity contribution < 1.29 is 14.4 Å². The maximum Gasteiger partial charge on any atom is 0.246 e. The number of aldehydes is 1. The molecule has 0 unspecified atom stereocenters. The zero-order chi connectivity index (χ0) is 12.4. The van der Waals surface area contributed by atoms with E-state index in [-0.39, 0.29) is 11.8 Å². The molecule has 0 aliphatic rings. The van der Waals surface area contributed by atoms with E-state index in [2.05, 4.69) is 0 Å². The highest BCUT2D eigenvalue weighted by Gasteiger charge is 2.03. The van der Waals surface area contributed by atoms with E-state index in [9.17, 15) is 14.4 Å². The summed E-state index contributed by atoms with van der Waals surface area (Å²) in [5, 5.41) is 0. The molecule has 0 aliphatic heterocycles. The second kappa shape index (κ2) is 8.64. The van der Waals surface area contributed by atoms with Gasteiger partial charge in [-0.05, 0) is 18.9 Å². The van der Waals surface area contributed by atoms with Crippen LogP contribution in [0, 0.1) is 0 Å². The van der Waals surface area contributed by atoms with Crippen LogP contribution in [0.25, 0.3) is 0 Å². The van der Waals surface area contributed by atoms with E-state index in [0.717, 1.165) is 19.3 Å². The van der Waals surface area contributed by atoms with Crippen LogP contribution in [0.15, 0.2) is 12.2 Å². The highest BCUT2D eigenvalue weighted by Crippen LogP contribution is 2.01. The molecule has 2 amide bonds. The van der Waals surface area contributed by atoms with Crippen LogP contribution in [0.4, 0.5) is 0 Å². The Balaban J connectivity index is 3.60. The summed E-state index contributed by atoms with van der Waals surface area (Å²) in [7, 11) is 1.67. The average Bonchev–Trinajstić information content (AvgIpc) is 2.24. The number of allylic oxidation sites excluding steroid dienone is 1. The summed E-state index contributed by atoms with van der Waals surface area (Å²) in [6.45, 7) is 0.612. The van der Waals surface area contributed by atoms with Crippen molar-refractivity contribution in [2.45, 2.75) is 25.7 Å². The van der Waals surface area contributed by atoms with E-state index in [4.69, 9.17) is 5.73 Å². The molecule has 0 aromatic heterocycles. The first-order chi connectivity index (χ1) is 7.57. The lowest BCUT2D eigenvalue weighted by molar-refractivity contribution is -0.125. The summed E-state index contributed by atoms with van der Waals surface area (Å²) in [5.41, 5.74) is 4.99. The largest absolute Gasteiger partial charge is 0.370 e. The lowest BCUT2D eigenvalue weighted by Gasteiger charge is -2.14. The molecule has 0 radical (unpaired) electrons. The fourth-order valence-electron chi connectivity index (χ4n) is 1.18. The van der Waals surface area contributed by atoms with Crippen molar-refractivity contribution in [2.24, 2.45) is 5.73 Å². The Morgan fingerprint density at radius 1 is 1.25 bits per heavy atom. The molecule has 0 aromatic rings. The van der Waals surface area contributed by atoms with Gasteiger partial charge in [-0.25, -0.2) is 0 Å². The van der Waals surface area contributed by atoms with Gasteiger partial charge in [-0.15, -0.1) is 0 Å². The lowest BCUT2D eigenvalue weighted by atomic mass is 10.2. The van der Waals surface area contributed by atoms with Gasteiger partial charge in [-0.1, -0.05) is 6.42 Å². The minimum atomic E-state index is -0.293. The number of nitrogens with two attached hydrogens (primary N) is 1. The van der Waals surface area contributed by atoms with Crippen LogP contribution in [0.5, 0.6) is 0 Å². The fraction of sp³-hybridized carbons (Fsp3) is 0.545. The highest BCUT2D eigenvalue weighted by atomic mass is 16.2. The number of primary amides is 1. The van der Waals surface area contributed by atoms with E-state index in [1.54, 1.807) is 7.05 Å². The van der Waals surface area contributed by atoms with Gasteiger partial charge in [-0.2, -0.15) is 0 Å². The molecule has 0 aromatic carbocycles. The quantitative estimate of drug-likeness (QED) is 0.366. The standard InChI is InChI=1S/C11H18N2O3/c1-13(11(16)7-5-9-14)8-4-2-3-6-10(12)15/h5,7,9H,2-4,6,8H2,1H3,(H2,12,15)/b7-5-. The molecule has 0 bridgehead atoms. The van der Waals surface area contributed by atoms with Crippen molar-refractivity contribution >= 4 is 18.1 Å². The van der Waals surface area contributed by atoms with Crippen LogP contribution in [0.2, 0.25) is 0 Å². The average molecular weight is 226 g/mol. The zero-order valence-electron chi connectivity index (χ0n) is 9.52. The van der Waals surface area contributed by atoms with E-state index >= 15 is 0 Å². The topological polar surface area (TPSA) is 80.5 Å². The summed E-state index contributed by atoms with van der Waals surface area (Å²) in [6.07, 6.45) is 5.80. The minimum Gasteiger partial charge on any atom is -0.370 e. The Morgan fingerprint density at radius 2 is 1.94 bits per heavy atom. The van der Waals surface area contributed by atoms with Crippen molar-refractivity contribution in [1.29, 1.82) is 0 Å². The SMILES string of the molecule is CN(CCCCCC(N)=O)C(=O)/C=C\C=O. The molecule has 0 spiro atoms. The number of unbranched alkanes of at least 4 members (excludes halogenated alkanes) is 2. The molecule has 0 aliphatic carbocycles. The summed E-state index contributed by atoms with van der Waals surface area (Å²) < 4.78 is 0. The molecule has 0 heterocycles. The van der Waals surface area contributed by atoms with Gasteiger partial charge in [0.15, 0.2) is 0 Å². The Bertz CT molecular complexity index is 274. The van der Waals surface area contributed by atoms with Gasteiger partial charge < -0.3 is 10.6 Å². The number of rotatable bonds is 8. The van der Waals surface area contributed by atoms with Gasteiger partial charge in [-0.3, -0.25) is 14.4 Å². The third kappa shape index (κ3) is 7.73. The van der Waals surface area contributed by atoms with Crippen LogP contribution in [0.3, 0.4) is 0 Å². The van der Waals surface area contributed by atoms with Crippen molar-refractivity contribution in [3.8, 4) is 0 Å². The van der Waals surface area contributed by atoms with Crippen LogP contribution in [-0.2, 0) is 14.4 Å². The molecule has 2 N–H and O–H groups in total. The maximum absolute atomic E-state index is 11.3. The normalized spacial score (nSPS) is 10.3. The number of amides is 2. The van der Waals surface area contributed by atoms with Gasteiger partial charge in [0.2, 0.25) is 11.8 Å². The second-order valence-corrected chi connectivity index (χ2v) is 3.53. The molecule has 5 nitrogen and oxygen atoms in total. The highest BCUT2D eigenvalue weighted by molar-refractivity contribution is 5.90. The molecule has 5 heteroatoms. The van der Waals surface area contributed by atoms with Gasteiger partial charge in [0, 0.05) is 26.1 Å². The summed E-state index contributed by atoms with van der Waals surface area (Å²) in [6, 6.07) is 0. The Labute approximate surface area is 95.3 Å². The summed E-state index contributed by atoms with van der Waals surface area (Å²) in [4.78, 5) is 33.2. The molecule has 90 valence electrons. The van der Waals surface area contributed by atoms with Crippen molar-refractivity contribution in [2.75, 3.05) is 13.6 Å². The summed E-state index contributed by atoms with van der Waals surface area (Å²) >= 11 is 0. The molecule has 0 fully saturated rings. The predicted molar refractivity (Wildman–Crippen MR) is 60.5 cm³/mol. The van der Waals surface area contributed by atoms with Crippen molar-refractivity contribution in [3.63, 3.8) is 0 Å². The molecule has 0 saturated heterocycles. The van der Waals surface area contributed by atoms with Gasteiger partial charge in [0.1, 0.15) is 6.29 Å². The van der Waals surface area contributed by atoms with E-state index in [1.807, 2.05) is 0 Å². The van der Waals surface area contributed by atoms with Crippen LogP contribution >= 0.6 is 0 Å². The first-order valence-electron chi connectivity index (χ1n) is 5.23. The van der Waals surface area contributed by atoms with E-state index in [0.29, 0.717) is 19.3 Å². The minimum absolute atomic E-state index is 0.193. The fourth-order valence-corrected chi connectivity index (χ4v) is 1.18. The monoisotopic (exact) mass is 226 g/mol. The predicted octanol–water partition coefficient (Wildman–Crippen LogP) is 0.246. The number of carbonyl (C=O) groups excluding carboxylic acids is 3. The molecule has 16 heavy (non-hydrogen) atoms. The summed E-state index contributed by atoms with van der Waals surface area (Å²) in [5.74, 6) is -0.486. The molecule has 0 rings (SSSR count). The zero-order valence-corrected chi connectivity index (χ0v) is 9.52. The van der Waals surface area contributed by atoms with Crippen LogP contribution in [0.1, 0.15) is 25.7 Å². The number of hydrogen-bond donors (Lipinski definition) is 1. The second-order valence-electron chi connectivity index (χ2n) is 3.53. The maximum atomic E-state index is 11.3. The smallest absolute Gasteiger partial charge is 0.246 e. The Morgan fingerprint density at radius 3 is 2.50 bits per heavy atom. The van der Waals surface area contributed by atoms with Crippen LogP contribution < -0.4 is 5.73 Å². The molecular weight excluding hydrogens is 208 g/mol. The van der Waals surface area contributed by atoms with Gasteiger partial charge >= 0.3 is 0 Å². The number of nitrogens with zero attached hydrogens (tertiary/aromatic N) is 1. The van der Waals surface area contributed by atoms with E-state index in [1.165, 1.54) is 17.1 Å². The van der Waals surface area contributed by atoms with Gasteiger partial charge in [0.25, 0.3) is 0 Å². The van der Waals surface area contributed by atoms with Gasteiger partial charge in [0.05, 0.1) is 0 Å². The Hall–Kier alpha value is -1.65. The van der Waals surface area contributed by atoms with E-state index < -0.39 is 0 Å². The van der Waals surface area contributed by atoms with Crippen molar-refractivity contribution in [1.82, 2.24) is 4.90 Å². The molecule has 0 atom stereocenters. The third-order valence-electron chi connectivity index (χ3n) is 2.11. The van der Waals surface area contributed by atoms with Crippen LogP contribution in [-0.4, -0.2) is 36.6 Å². The number of hydrogen-bond acceptors (Lipinski definition) is 3. The first kappa shape index (κ1) is 14.3. The Kier molecular flexibility index (Phi) is 7.75.